The Labute approximate surface area is 85.3 Å². The third kappa shape index (κ3) is 1.63. The fourth-order valence-electron chi connectivity index (χ4n) is 2.43. The highest BCUT2D eigenvalue weighted by Gasteiger charge is 2.22. The standard InChI is InChI=1S/C11H19N3/c1-3-4-8-5-6-10-9(7-8)11(12-2)14-13-10/h8H,3-7H2,1-2H3,(H2,12,13,14). The third-order valence-corrected chi connectivity index (χ3v) is 3.18. The summed E-state index contributed by atoms with van der Waals surface area (Å²) in [5, 5.41) is 10.6. The molecular weight excluding hydrogens is 174 g/mol. The van der Waals surface area contributed by atoms with Crippen molar-refractivity contribution < 1.29 is 0 Å². The van der Waals surface area contributed by atoms with Gasteiger partial charge in [0.05, 0.1) is 0 Å². The second-order valence-corrected chi connectivity index (χ2v) is 4.18. The molecule has 0 radical (unpaired) electrons. The van der Waals surface area contributed by atoms with Crippen LogP contribution in [0.3, 0.4) is 0 Å². The average molecular weight is 193 g/mol. The SMILES string of the molecule is CCCC1CCc2[nH]nc(NC)c2C1. The van der Waals surface area contributed by atoms with Crippen LogP contribution in [0.5, 0.6) is 0 Å². The lowest BCUT2D eigenvalue weighted by molar-refractivity contribution is 0.421. The normalized spacial score (nSPS) is 20.6. The van der Waals surface area contributed by atoms with E-state index in [1.807, 2.05) is 7.05 Å². The van der Waals surface area contributed by atoms with Crippen molar-refractivity contribution >= 4 is 5.82 Å². The van der Waals surface area contributed by atoms with Gasteiger partial charge in [0.25, 0.3) is 0 Å². The highest BCUT2D eigenvalue weighted by Crippen LogP contribution is 2.30. The molecule has 0 spiro atoms. The number of aromatic nitrogens is 2. The number of anilines is 1. The molecule has 0 bridgehead atoms. The second kappa shape index (κ2) is 4.03. The average Bonchev–Trinajstić information content (AvgIpc) is 2.60. The first kappa shape index (κ1) is 9.56. The molecule has 2 N–H and O–H groups in total. The lowest BCUT2D eigenvalue weighted by Crippen LogP contribution is -2.14. The Hall–Kier alpha value is -0.990. The van der Waals surface area contributed by atoms with E-state index in [-0.39, 0.29) is 0 Å². The Morgan fingerprint density at radius 2 is 2.43 bits per heavy atom. The van der Waals surface area contributed by atoms with E-state index in [0.29, 0.717) is 0 Å². The molecule has 0 amide bonds. The first-order valence-electron chi connectivity index (χ1n) is 5.59. The molecule has 0 fully saturated rings. The van der Waals surface area contributed by atoms with E-state index in [9.17, 15) is 0 Å². The van der Waals surface area contributed by atoms with Gasteiger partial charge in [0.2, 0.25) is 0 Å². The minimum absolute atomic E-state index is 0.872. The molecule has 1 unspecified atom stereocenters. The van der Waals surface area contributed by atoms with Crippen LogP contribution in [0.4, 0.5) is 5.82 Å². The molecule has 14 heavy (non-hydrogen) atoms. The molecule has 1 heterocycles. The van der Waals surface area contributed by atoms with Crippen LogP contribution in [0.2, 0.25) is 0 Å². The van der Waals surface area contributed by atoms with Crippen molar-refractivity contribution in [3.8, 4) is 0 Å². The van der Waals surface area contributed by atoms with Gasteiger partial charge in [-0.05, 0) is 25.2 Å². The summed E-state index contributed by atoms with van der Waals surface area (Å²) >= 11 is 0. The number of fused-ring (bicyclic) bond motifs is 1. The Morgan fingerprint density at radius 1 is 1.57 bits per heavy atom. The van der Waals surface area contributed by atoms with Crippen LogP contribution in [-0.4, -0.2) is 17.2 Å². The van der Waals surface area contributed by atoms with Crippen molar-refractivity contribution in [3.63, 3.8) is 0 Å². The van der Waals surface area contributed by atoms with Crippen molar-refractivity contribution in [2.24, 2.45) is 5.92 Å². The van der Waals surface area contributed by atoms with Crippen LogP contribution in [0.1, 0.15) is 37.4 Å². The Kier molecular flexibility index (Phi) is 2.75. The molecule has 1 aliphatic carbocycles. The summed E-state index contributed by atoms with van der Waals surface area (Å²) in [5.41, 5.74) is 2.78. The fraction of sp³-hybridized carbons (Fsp3) is 0.727. The fourth-order valence-corrected chi connectivity index (χ4v) is 2.43. The molecule has 78 valence electrons. The maximum Gasteiger partial charge on any atom is 0.151 e. The monoisotopic (exact) mass is 193 g/mol. The molecule has 1 aromatic rings. The molecular formula is C11H19N3. The van der Waals surface area contributed by atoms with Gasteiger partial charge in [-0.15, -0.1) is 0 Å². The maximum atomic E-state index is 4.27. The number of nitrogens with one attached hydrogen (secondary N) is 2. The van der Waals surface area contributed by atoms with Crippen LogP contribution < -0.4 is 5.32 Å². The largest absolute Gasteiger partial charge is 0.371 e. The van der Waals surface area contributed by atoms with Crippen molar-refractivity contribution in [2.45, 2.75) is 39.0 Å². The van der Waals surface area contributed by atoms with E-state index in [2.05, 4.69) is 22.4 Å². The van der Waals surface area contributed by atoms with Crippen LogP contribution in [0, 0.1) is 5.92 Å². The zero-order chi connectivity index (χ0) is 9.97. The van der Waals surface area contributed by atoms with Gasteiger partial charge in [0.15, 0.2) is 5.82 Å². The summed E-state index contributed by atoms with van der Waals surface area (Å²) < 4.78 is 0. The van der Waals surface area contributed by atoms with Crippen LogP contribution in [0.25, 0.3) is 0 Å². The number of rotatable bonds is 3. The van der Waals surface area contributed by atoms with E-state index in [4.69, 9.17) is 0 Å². The molecule has 0 saturated heterocycles. The Morgan fingerprint density at radius 3 is 3.14 bits per heavy atom. The van der Waals surface area contributed by atoms with Crippen molar-refractivity contribution in [3.05, 3.63) is 11.3 Å². The van der Waals surface area contributed by atoms with Gasteiger partial charge in [-0.3, -0.25) is 5.10 Å². The summed E-state index contributed by atoms with van der Waals surface area (Å²) in [5.74, 6) is 1.93. The van der Waals surface area contributed by atoms with Gasteiger partial charge in [0.1, 0.15) is 0 Å². The zero-order valence-electron chi connectivity index (χ0n) is 9.06. The van der Waals surface area contributed by atoms with Gasteiger partial charge in [0, 0.05) is 18.3 Å². The maximum absolute atomic E-state index is 4.27. The first-order valence-corrected chi connectivity index (χ1v) is 5.59. The Bertz CT molecular complexity index is 290. The van der Waals surface area contributed by atoms with E-state index in [1.54, 1.807) is 0 Å². The van der Waals surface area contributed by atoms with E-state index < -0.39 is 0 Å². The van der Waals surface area contributed by atoms with Gasteiger partial charge < -0.3 is 5.32 Å². The number of aryl methyl sites for hydroxylation is 1. The second-order valence-electron chi connectivity index (χ2n) is 4.18. The van der Waals surface area contributed by atoms with Crippen molar-refractivity contribution in [2.75, 3.05) is 12.4 Å². The molecule has 0 aromatic carbocycles. The zero-order valence-corrected chi connectivity index (χ0v) is 9.06. The number of hydrogen-bond donors (Lipinski definition) is 2. The number of aromatic amines is 1. The van der Waals surface area contributed by atoms with Crippen LogP contribution in [0.15, 0.2) is 0 Å². The summed E-state index contributed by atoms with van der Waals surface area (Å²) in [7, 11) is 1.94. The number of nitrogens with zero attached hydrogens (tertiary/aromatic N) is 1. The van der Waals surface area contributed by atoms with Gasteiger partial charge in [-0.2, -0.15) is 5.10 Å². The third-order valence-electron chi connectivity index (χ3n) is 3.18. The van der Waals surface area contributed by atoms with Crippen LogP contribution >= 0.6 is 0 Å². The topological polar surface area (TPSA) is 40.7 Å². The predicted octanol–water partition coefficient (Wildman–Crippen LogP) is 2.36. The Balaban J connectivity index is 2.14. The minimum atomic E-state index is 0.872. The predicted molar refractivity (Wildman–Crippen MR) is 58.6 cm³/mol. The molecule has 1 aliphatic rings. The molecule has 0 aliphatic heterocycles. The van der Waals surface area contributed by atoms with E-state index in [0.717, 1.165) is 11.7 Å². The van der Waals surface area contributed by atoms with Gasteiger partial charge in [-0.25, -0.2) is 0 Å². The van der Waals surface area contributed by atoms with Crippen LogP contribution in [-0.2, 0) is 12.8 Å². The quantitative estimate of drug-likeness (QED) is 0.773. The van der Waals surface area contributed by atoms with Gasteiger partial charge in [-0.1, -0.05) is 19.8 Å². The molecule has 3 heteroatoms. The first-order chi connectivity index (χ1) is 6.85. The van der Waals surface area contributed by atoms with E-state index in [1.165, 1.54) is 43.4 Å². The van der Waals surface area contributed by atoms with Gasteiger partial charge >= 0.3 is 0 Å². The number of hydrogen-bond acceptors (Lipinski definition) is 2. The number of H-pyrrole nitrogens is 1. The molecule has 2 rings (SSSR count). The molecule has 1 atom stereocenters. The summed E-state index contributed by atoms with van der Waals surface area (Å²) in [6.07, 6.45) is 6.36. The molecule has 3 nitrogen and oxygen atoms in total. The lowest BCUT2D eigenvalue weighted by atomic mass is 9.84. The summed E-state index contributed by atoms with van der Waals surface area (Å²) in [6, 6.07) is 0. The summed E-state index contributed by atoms with van der Waals surface area (Å²) in [4.78, 5) is 0. The summed E-state index contributed by atoms with van der Waals surface area (Å²) in [6.45, 7) is 2.27. The smallest absolute Gasteiger partial charge is 0.151 e. The highest BCUT2D eigenvalue weighted by atomic mass is 15.2. The van der Waals surface area contributed by atoms with E-state index >= 15 is 0 Å². The highest BCUT2D eigenvalue weighted by molar-refractivity contribution is 5.47. The van der Waals surface area contributed by atoms with Crippen molar-refractivity contribution in [1.82, 2.24) is 10.2 Å². The van der Waals surface area contributed by atoms with Crippen molar-refractivity contribution in [1.29, 1.82) is 0 Å². The molecule has 0 saturated carbocycles. The minimum Gasteiger partial charge on any atom is -0.371 e. The lowest BCUT2D eigenvalue weighted by Gasteiger charge is -2.21. The molecule has 1 aromatic heterocycles.